The van der Waals surface area contributed by atoms with Crippen LogP contribution in [-0.2, 0) is 12.7 Å². The number of rotatable bonds is 2. The second kappa shape index (κ2) is 7.33. The summed E-state index contributed by atoms with van der Waals surface area (Å²) in [6.07, 6.45) is -1.05. The predicted molar refractivity (Wildman–Crippen MR) is 74.5 cm³/mol. The summed E-state index contributed by atoms with van der Waals surface area (Å²) < 4.78 is 37.0. The molecule has 0 fully saturated rings. The van der Waals surface area contributed by atoms with E-state index >= 15 is 0 Å². The van der Waals surface area contributed by atoms with Crippen molar-refractivity contribution < 1.29 is 13.2 Å². The van der Waals surface area contributed by atoms with Gasteiger partial charge in [-0.1, -0.05) is 25.4 Å². The Labute approximate surface area is 125 Å². The van der Waals surface area contributed by atoms with Gasteiger partial charge in [0, 0.05) is 30.7 Å². The van der Waals surface area contributed by atoms with Crippen molar-refractivity contribution >= 4 is 11.6 Å². The van der Waals surface area contributed by atoms with Crippen molar-refractivity contribution in [1.29, 1.82) is 0 Å². The van der Waals surface area contributed by atoms with Crippen LogP contribution in [0.5, 0.6) is 0 Å². The molecule has 0 bridgehead atoms. The lowest BCUT2D eigenvalue weighted by Gasteiger charge is -2.07. The maximum Gasteiger partial charge on any atom is 0.451 e. The van der Waals surface area contributed by atoms with Crippen LogP contribution in [0, 0.1) is 0 Å². The first-order valence-electron chi connectivity index (χ1n) is 6.16. The minimum absolute atomic E-state index is 0.204. The van der Waals surface area contributed by atoms with Crippen LogP contribution in [0.4, 0.5) is 13.2 Å². The zero-order chi connectivity index (χ0) is 16.0. The quantitative estimate of drug-likeness (QED) is 0.917. The van der Waals surface area contributed by atoms with Crippen LogP contribution >= 0.6 is 11.6 Å². The molecule has 0 aromatic carbocycles. The summed E-state index contributed by atoms with van der Waals surface area (Å²) in [7, 11) is 0. The number of nitrogens with two attached hydrogens (primary N) is 1. The van der Waals surface area contributed by atoms with Gasteiger partial charge in [0.2, 0.25) is 5.82 Å². The van der Waals surface area contributed by atoms with E-state index in [-0.39, 0.29) is 6.54 Å². The lowest BCUT2D eigenvalue weighted by molar-refractivity contribution is -0.144. The molecule has 2 N–H and O–H groups in total. The normalized spacial score (nSPS) is 10.8. The first-order chi connectivity index (χ1) is 9.91. The van der Waals surface area contributed by atoms with Crippen molar-refractivity contribution in [3.8, 4) is 11.3 Å². The van der Waals surface area contributed by atoms with Crippen LogP contribution in [0.25, 0.3) is 11.3 Å². The van der Waals surface area contributed by atoms with E-state index in [0.717, 1.165) is 12.4 Å². The Morgan fingerprint density at radius 1 is 1.10 bits per heavy atom. The number of pyridine rings is 1. The van der Waals surface area contributed by atoms with Gasteiger partial charge in [0.05, 0.1) is 10.7 Å². The summed E-state index contributed by atoms with van der Waals surface area (Å²) in [5.41, 5.74) is 6.91. The van der Waals surface area contributed by atoms with E-state index in [0.29, 0.717) is 21.8 Å². The molecule has 0 saturated heterocycles. The maximum absolute atomic E-state index is 12.3. The maximum atomic E-state index is 12.3. The van der Waals surface area contributed by atoms with E-state index < -0.39 is 12.0 Å². The average molecular weight is 319 g/mol. The molecule has 0 saturated carbocycles. The fraction of sp³-hybridized carbons (Fsp3) is 0.308. The van der Waals surface area contributed by atoms with Crippen LogP contribution in [0.3, 0.4) is 0 Å². The molecule has 4 nitrogen and oxygen atoms in total. The van der Waals surface area contributed by atoms with Gasteiger partial charge in [-0.15, -0.1) is 0 Å². The molecule has 2 aromatic rings. The first-order valence-corrected chi connectivity index (χ1v) is 6.53. The molecular weight excluding hydrogens is 305 g/mol. The third kappa shape index (κ3) is 4.37. The van der Waals surface area contributed by atoms with Crippen molar-refractivity contribution in [1.82, 2.24) is 15.0 Å². The fourth-order valence-corrected chi connectivity index (χ4v) is 1.58. The first kappa shape index (κ1) is 17.3. The lowest BCUT2D eigenvalue weighted by atomic mass is 10.1. The molecule has 21 heavy (non-hydrogen) atoms. The highest BCUT2D eigenvalue weighted by atomic mass is 35.5. The van der Waals surface area contributed by atoms with E-state index in [2.05, 4.69) is 15.0 Å². The topological polar surface area (TPSA) is 64.7 Å². The molecule has 2 heterocycles. The molecule has 8 heteroatoms. The summed E-state index contributed by atoms with van der Waals surface area (Å²) in [6.45, 7) is 4.20. The van der Waals surface area contributed by atoms with Crippen molar-refractivity contribution in [2.24, 2.45) is 5.73 Å². The number of hydrogen-bond donors (Lipinski definition) is 1. The smallest absolute Gasteiger partial charge is 0.326 e. The van der Waals surface area contributed by atoms with Crippen LogP contribution in [0.2, 0.25) is 5.02 Å². The summed E-state index contributed by atoms with van der Waals surface area (Å²) in [6, 6.07) is 1.59. The zero-order valence-electron chi connectivity index (χ0n) is 11.4. The molecule has 0 aliphatic carbocycles. The second-order valence-corrected chi connectivity index (χ2v) is 4.07. The number of halogens is 4. The fourth-order valence-electron chi connectivity index (χ4n) is 1.40. The molecule has 2 rings (SSSR count). The lowest BCUT2D eigenvalue weighted by Crippen LogP contribution is -2.10. The molecule has 0 aliphatic heterocycles. The van der Waals surface area contributed by atoms with Crippen molar-refractivity contribution in [2.45, 2.75) is 26.6 Å². The molecular formula is C13H14ClF3N4. The van der Waals surface area contributed by atoms with Crippen molar-refractivity contribution in [2.75, 3.05) is 0 Å². The Morgan fingerprint density at radius 3 is 2.14 bits per heavy atom. The van der Waals surface area contributed by atoms with Gasteiger partial charge in [-0.2, -0.15) is 13.2 Å². The molecule has 0 amide bonds. The minimum Gasteiger partial charge on any atom is -0.326 e. The molecule has 0 radical (unpaired) electrons. The molecule has 114 valence electrons. The zero-order valence-corrected chi connectivity index (χ0v) is 12.2. The highest BCUT2D eigenvalue weighted by Gasteiger charge is 2.34. The van der Waals surface area contributed by atoms with Gasteiger partial charge in [-0.3, -0.25) is 4.98 Å². The second-order valence-electron chi connectivity index (χ2n) is 3.66. The van der Waals surface area contributed by atoms with E-state index in [4.69, 9.17) is 17.3 Å². The van der Waals surface area contributed by atoms with Gasteiger partial charge in [0.25, 0.3) is 0 Å². The van der Waals surface area contributed by atoms with Gasteiger partial charge < -0.3 is 5.73 Å². The molecule has 0 atom stereocenters. The Morgan fingerprint density at radius 2 is 1.67 bits per heavy atom. The monoisotopic (exact) mass is 318 g/mol. The standard InChI is InChI=1S/C11H8ClF3N4.C2H6/c12-8-5-17-9(1-6(8)2-16)7-3-18-10(19-4-7)11(13,14)15;1-2/h1,3-5H,2,16H2;1-2H3. The Hall–Kier alpha value is -1.73. The third-order valence-electron chi connectivity index (χ3n) is 2.36. The van der Waals surface area contributed by atoms with E-state index in [1.807, 2.05) is 13.8 Å². The van der Waals surface area contributed by atoms with E-state index in [1.54, 1.807) is 6.07 Å². The minimum atomic E-state index is -4.56. The van der Waals surface area contributed by atoms with Gasteiger partial charge in [0.15, 0.2) is 0 Å². The van der Waals surface area contributed by atoms with Crippen LogP contribution in [0.1, 0.15) is 25.2 Å². The van der Waals surface area contributed by atoms with E-state index in [1.165, 1.54) is 6.20 Å². The van der Waals surface area contributed by atoms with Crippen LogP contribution < -0.4 is 5.73 Å². The Kier molecular flexibility index (Phi) is 6.04. The van der Waals surface area contributed by atoms with E-state index in [9.17, 15) is 13.2 Å². The molecule has 2 aromatic heterocycles. The average Bonchev–Trinajstić information content (AvgIpc) is 2.49. The van der Waals surface area contributed by atoms with Crippen molar-refractivity contribution in [3.05, 3.63) is 41.1 Å². The highest BCUT2D eigenvalue weighted by Crippen LogP contribution is 2.27. The summed E-state index contributed by atoms with van der Waals surface area (Å²) in [5.74, 6) is -1.19. The van der Waals surface area contributed by atoms with Crippen LogP contribution in [-0.4, -0.2) is 15.0 Å². The molecule has 0 spiro atoms. The number of alkyl halides is 3. The predicted octanol–water partition coefficient (Wildman–Crippen LogP) is 3.70. The third-order valence-corrected chi connectivity index (χ3v) is 2.70. The number of hydrogen-bond acceptors (Lipinski definition) is 4. The highest BCUT2D eigenvalue weighted by molar-refractivity contribution is 6.31. The SMILES string of the molecule is CC.NCc1cc(-c2cnc(C(F)(F)F)nc2)ncc1Cl. The summed E-state index contributed by atoms with van der Waals surface area (Å²) >= 11 is 5.85. The van der Waals surface area contributed by atoms with Gasteiger partial charge in [0.1, 0.15) is 0 Å². The number of nitrogens with zero attached hydrogens (tertiary/aromatic N) is 3. The van der Waals surface area contributed by atoms with Gasteiger partial charge >= 0.3 is 6.18 Å². The Bertz CT molecular complexity index is 585. The van der Waals surface area contributed by atoms with Crippen molar-refractivity contribution in [3.63, 3.8) is 0 Å². The largest absolute Gasteiger partial charge is 0.451 e. The summed E-state index contributed by atoms with van der Waals surface area (Å²) in [5, 5.41) is 0.402. The summed E-state index contributed by atoms with van der Waals surface area (Å²) in [4.78, 5) is 10.5. The molecule has 0 aliphatic rings. The number of aromatic nitrogens is 3. The van der Waals surface area contributed by atoms with Crippen LogP contribution in [0.15, 0.2) is 24.7 Å². The van der Waals surface area contributed by atoms with Gasteiger partial charge in [-0.25, -0.2) is 9.97 Å². The van der Waals surface area contributed by atoms with Gasteiger partial charge in [-0.05, 0) is 11.6 Å². The molecule has 0 unspecified atom stereocenters. The Balaban J connectivity index is 0.00000106.